The zero-order valence-electron chi connectivity index (χ0n) is 50.9. The van der Waals surface area contributed by atoms with Crippen LogP contribution in [0.5, 0.6) is 0 Å². The van der Waals surface area contributed by atoms with Crippen LogP contribution in [-0.2, 0) is 66.4 Å². The van der Waals surface area contributed by atoms with Crippen molar-refractivity contribution in [3.63, 3.8) is 0 Å². The number of amides is 1. The molecule has 0 spiro atoms. The lowest BCUT2D eigenvalue weighted by atomic mass is 9.78. The predicted molar refractivity (Wildman–Crippen MR) is 305 cm³/mol. The Labute approximate surface area is 478 Å². The van der Waals surface area contributed by atoms with Crippen molar-refractivity contribution in [2.75, 3.05) is 40.6 Å². The van der Waals surface area contributed by atoms with E-state index in [0.717, 1.165) is 5.57 Å². The van der Waals surface area contributed by atoms with Gasteiger partial charge in [0.1, 0.15) is 35.2 Å². The average molecular weight is 1140 g/mol. The standard InChI is InChI=1S/C62H99NO16Si/c1-38-21-17-16-18-22-39(2)51(72-11)33-46-26-24-44(7)62(71,78-46)56(67)57(68)63-28-20-19-23-48(63)58(69)76-52(34-49(65)40(3)30-43(6)55(79-80(13,14)15)47(35-64)54(66)42(5)29-38)41(4)31-45-25-27-50(53(32-45)73-12)77-59(70)61(10)36-74-60(8,9)75-37-61/h16-18,21-22,30,38,40-42,44-48,50-53,55,64,71H,19-20,23-29,31-37H2,1-15H3. The van der Waals surface area contributed by atoms with E-state index in [4.69, 9.17) is 37.6 Å². The van der Waals surface area contributed by atoms with E-state index >= 15 is 0 Å². The minimum atomic E-state index is -2.46. The Hall–Kier alpha value is -3.72. The lowest BCUT2D eigenvalue weighted by Gasteiger charge is -2.43. The van der Waals surface area contributed by atoms with Crippen LogP contribution in [-0.4, -0.2) is 153 Å². The highest BCUT2D eigenvalue weighted by atomic mass is 28.4. The number of aliphatic hydroxyl groups excluding tert-OH is 1. The van der Waals surface area contributed by atoms with E-state index in [0.29, 0.717) is 69.8 Å². The van der Waals surface area contributed by atoms with Gasteiger partial charge in [-0.3, -0.25) is 24.0 Å². The number of allylic oxidation sites excluding steroid dienone is 6. The number of rotatable bonds is 10. The second-order valence-electron chi connectivity index (χ2n) is 25.8. The molecular weight excluding hydrogens is 1040 g/mol. The molecule has 3 saturated heterocycles. The van der Waals surface area contributed by atoms with E-state index in [-0.39, 0.29) is 56.0 Å². The quantitative estimate of drug-likeness (QED) is 0.0902. The molecule has 5 aliphatic rings. The zero-order valence-corrected chi connectivity index (χ0v) is 51.9. The van der Waals surface area contributed by atoms with E-state index in [1.807, 2.05) is 84.6 Å². The molecule has 80 heavy (non-hydrogen) atoms. The molecule has 18 heteroatoms. The van der Waals surface area contributed by atoms with E-state index in [2.05, 4.69) is 0 Å². The smallest absolute Gasteiger partial charge is 0.329 e. The first-order valence-electron chi connectivity index (χ1n) is 29.5. The first-order chi connectivity index (χ1) is 37.5. The van der Waals surface area contributed by atoms with Gasteiger partial charge < -0.3 is 52.7 Å². The van der Waals surface area contributed by atoms with Crippen molar-refractivity contribution in [2.45, 2.75) is 220 Å². The van der Waals surface area contributed by atoms with Gasteiger partial charge in [-0.15, -0.1) is 0 Å². The van der Waals surface area contributed by atoms with Gasteiger partial charge in [0.25, 0.3) is 11.7 Å². The van der Waals surface area contributed by atoms with Crippen LogP contribution in [0.3, 0.4) is 0 Å². The third kappa shape index (κ3) is 17.9. The number of ketones is 3. The molecule has 452 valence electrons. The van der Waals surface area contributed by atoms with Crippen molar-refractivity contribution >= 4 is 43.5 Å². The molecule has 15 atom stereocenters. The molecule has 4 fully saturated rings. The molecule has 1 saturated carbocycles. The summed E-state index contributed by atoms with van der Waals surface area (Å²) in [5.74, 6) is -10.2. The number of esters is 2. The largest absolute Gasteiger partial charge is 0.460 e. The second-order valence-corrected chi connectivity index (χ2v) is 30.3. The minimum absolute atomic E-state index is 0.0107. The number of cyclic esters (lactones) is 1. The van der Waals surface area contributed by atoms with Crippen molar-refractivity contribution in [1.82, 2.24) is 4.90 Å². The van der Waals surface area contributed by atoms with Gasteiger partial charge in [0.05, 0.1) is 50.2 Å². The summed E-state index contributed by atoms with van der Waals surface area (Å²) in [4.78, 5) is 87.6. The van der Waals surface area contributed by atoms with Gasteiger partial charge in [-0.2, -0.15) is 0 Å². The molecule has 2 bridgehead atoms. The van der Waals surface area contributed by atoms with Crippen molar-refractivity contribution < 1.29 is 76.6 Å². The average Bonchev–Trinajstić information content (AvgIpc) is 3.40. The summed E-state index contributed by atoms with van der Waals surface area (Å²) >= 11 is 0. The maximum absolute atomic E-state index is 14.8. The molecule has 2 N–H and O–H groups in total. The topological polar surface area (TPSA) is 220 Å². The zero-order chi connectivity index (χ0) is 59.5. The lowest BCUT2D eigenvalue weighted by Crippen LogP contribution is -2.61. The molecule has 0 radical (unpaired) electrons. The molecular formula is C62H99NO16Si. The number of piperidine rings is 1. The van der Waals surface area contributed by atoms with E-state index in [1.165, 1.54) is 4.90 Å². The molecule has 0 aromatic carbocycles. The fraction of sp³-hybridized carbons (Fsp3) is 0.774. The molecule has 4 heterocycles. The number of carbonyl (C=O) groups excluding carboxylic acids is 6. The number of aliphatic hydroxyl groups is 2. The summed E-state index contributed by atoms with van der Waals surface area (Å²) < 4.78 is 49.0. The summed E-state index contributed by atoms with van der Waals surface area (Å²) in [6, 6.07) is -1.18. The van der Waals surface area contributed by atoms with Crippen LogP contribution in [0, 0.1) is 46.8 Å². The number of Topliss-reactive ketones (excluding diaryl/α,β-unsaturated/α-hetero) is 3. The number of nitrogens with zero attached hydrogens (tertiary/aromatic N) is 1. The van der Waals surface area contributed by atoms with Gasteiger partial charge in [-0.25, -0.2) is 4.79 Å². The van der Waals surface area contributed by atoms with Crippen molar-refractivity contribution in [1.29, 1.82) is 0 Å². The number of hydrogen-bond donors (Lipinski definition) is 2. The number of methoxy groups -OCH3 is 2. The number of ether oxygens (including phenoxy) is 7. The fourth-order valence-corrected chi connectivity index (χ4v) is 13.1. The van der Waals surface area contributed by atoms with E-state index in [9.17, 15) is 39.0 Å². The summed E-state index contributed by atoms with van der Waals surface area (Å²) in [5.41, 5.74) is 0.512. The minimum Gasteiger partial charge on any atom is -0.460 e. The molecule has 0 aromatic rings. The van der Waals surface area contributed by atoms with Crippen LogP contribution >= 0.6 is 0 Å². The molecule has 4 aliphatic heterocycles. The van der Waals surface area contributed by atoms with Crippen molar-refractivity contribution in [3.8, 4) is 0 Å². The summed E-state index contributed by atoms with van der Waals surface area (Å²) in [5, 5.41) is 23.0. The first kappa shape index (κ1) is 67.1. The van der Waals surface area contributed by atoms with Gasteiger partial charge in [0.2, 0.25) is 5.79 Å². The Kier molecular flexibility index (Phi) is 24.5. The van der Waals surface area contributed by atoms with Crippen molar-refractivity contribution in [3.05, 3.63) is 47.6 Å². The first-order valence-corrected chi connectivity index (χ1v) is 32.9. The number of carbonyl (C=O) groups is 6. The van der Waals surface area contributed by atoms with Crippen LogP contribution in [0.2, 0.25) is 19.6 Å². The van der Waals surface area contributed by atoms with Gasteiger partial charge >= 0.3 is 11.9 Å². The SMILES string of the molecule is COC1CC2CCC(C)C(O)(O2)C(=O)C(=O)N2CCCCC2C(=O)OC(C(C)CC2CCC(OC(=O)C3(C)COC(C)(C)OC3)C(OC)C2)CC(=O)C(C)C=C(C)C(O[Si](C)(C)C)C(CO)C(=O)C(C)CC(C)C=CC=CC=C1C. The lowest BCUT2D eigenvalue weighted by molar-refractivity contribution is -0.283. The van der Waals surface area contributed by atoms with Crippen LogP contribution < -0.4 is 0 Å². The summed E-state index contributed by atoms with van der Waals surface area (Å²) in [6.45, 7) is 24.3. The second kappa shape index (κ2) is 29.2. The van der Waals surface area contributed by atoms with Gasteiger partial charge in [0.15, 0.2) is 14.1 Å². The Balaban J connectivity index is 1.48. The maximum Gasteiger partial charge on any atom is 0.329 e. The normalized spacial score (nSPS) is 35.6. The van der Waals surface area contributed by atoms with Gasteiger partial charge in [-0.05, 0) is 147 Å². The van der Waals surface area contributed by atoms with Gasteiger partial charge in [-0.1, -0.05) is 71.1 Å². The Bertz CT molecular complexity index is 2260. The highest BCUT2D eigenvalue weighted by Crippen LogP contribution is 2.40. The third-order valence-corrected chi connectivity index (χ3v) is 18.2. The number of hydrogen-bond acceptors (Lipinski definition) is 16. The highest BCUT2D eigenvalue weighted by Gasteiger charge is 2.53. The molecule has 1 amide bonds. The van der Waals surface area contributed by atoms with E-state index in [1.54, 1.807) is 54.9 Å². The fourth-order valence-electron chi connectivity index (χ4n) is 12.0. The highest BCUT2D eigenvalue weighted by molar-refractivity contribution is 6.69. The monoisotopic (exact) mass is 1140 g/mol. The van der Waals surface area contributed by atoms with Crippen LogP contribution in [0.1, 0.15) is 146 Å². The Morgan fingerprint density at radius 1 is 0.850 bits per heavy atom. The van der Waals surface area contributed by atoms with E-state index < -0.39 is 128 Å². The summed E-state index contributed by atoms with van der Waals surface area (Å²) in [6.07, 6.45) is 12.6. The molecule has 5 rings (SSSR count). The third-order valence-electron chi connectivity index (χ3n) is 17.3. The van der Waals surface area contributed by atoms with Gasteiger partial charge in [0, 0.05) is 51.4 Å². The molecule has 1 aliphatic carbocycles. The maximum atomic E-state index is 14.8. The van der Waals surface area contributed by atoms with Crippen LogP contribution in [0.4, 0.5) is 0 Å². The Morgan fingerprint density at radius 3 is 2.17 bits per heavy atom. The van der Waals surface area contributed by atoms with Crippen LogP contribution in [0.15, 0.2) is 47.6 Å². The molecule has 15 unspecified atom stereocenters. The molecule has 17 nitrogen and oxygen atoms in total. The van der Waals surface area contributed by atoms with Crippen molar-refractivity contribution in [2.24, 2.45) is 46.8 Å². The van der Waals surface area contributed by atoms with Crippen LogP contribution in [0.25, 0.3) is 0 Å². The summed E-state index contributed by atoms with van der Waals surface area (Å²) in [7, 11) is 0.806. The number of fused-ring (bicyclic) bond motifs is 3. The predicted octanol–water partition coefficient (Wildman–Crippen LogP) is 8.97. The molecule has 0 aromatic heterocycles. The Morgan fingerprint density at radius 2 is 1.54 bits per heavy atom.